The topological polar surface area (TPSA) is 49.5 Å². The molecule has 90 valence electrons. The first-order chi connectivity index (χ1) is 7.70. The summed E-state index contributed by atoms with van der Waals surface area (Å²) < 4.78 is 5.18. The van der Waals surface area contributed by atoms with E-state index in [2.05, 4.69) is 23.9 Å². The van der Waals surface area contributed by atoms with E-state index in [1.165, 1.54) is 13.0 Å². The Kier molecular flexibility index (Phi) is 3.61. The summed E-state index contributed by atoms with van der Waals surface area (Å²) in [5.41, 5.74) is 0.836. The van der Waals surface area contributed by atoms with Gasteiger partial charge in [-0.1, -0.05) is 5.16 Å². The number of aromatic nitrogens is 1. The summed E-state index contributed by atoms with van der Waals surface area (Å²) in [5, 5.41) is 12.9. The highest BCUT2D eigenvalue weighted by atomic mass is 16.5. The van der Waals surface area contributed by atoms with Crippen molar-refractivity contribution in [3.8, 4) is 0 Å². The van der Waals surface area contributed by atoms with Crippen LogP contribution in [-0.2, 0) is 13.0 Å². The van der Waals surface area contributed by atoms with Crippen molar-refractivity contribution in [2.45, 2.75) is 39.3 Å². The molecule has 1 fully saturated rings. The first-order valence-electron chi connectivity index (χ1n) is 5.98. The molecule has 4 heteroatoms. The molecular formula is C12H20N2O2. The Bertz CT molecular complexity index is 336. The van der Waals surface area contributed by atoms with Gasteiger partial charge in [0, 0.05) is 24.6 Å². The Morgan fingerprint density at radius 3 is 3.06 bits per heavy atom. The Balaban J connectivity index is 1.92. The van der Waals surface area contributed by atoms with E-state index >= 15 is 0 Å². The molecule has 0 radical (unpaired) electrons. The van der Waals surface area contributed by atoms with Gasteiger partial charge in [-0.05, 0) is 32.7 Å². The molecule has 2 rings (SSSR count). The van der Waals surface area contributed by atoms with Crippen LogP contribution in [0.5, 0.6) is 0 Å². The molecule has 4 nitrogen and oxygen atoms in total. The maximum atomic E-state index is 9.11. The van der Waals surface area contributed by atoms with Gasteiger partial charge < -0.3 is 14.5 Å². The van der Waals surface area contributed by atoms with E-state index in [1.807, 2.05) is 0 Å². The summed E-state index contributed by atoms with van der Waals surface area (Å²) in [4.78, 5) is 2.49. The van der Waals surface area contributed by atoms with Crippen molar-refractivity contribution in [3.05, 3.63) is 17.5 Å². The Morgan fingerprint density at radius 1 is 1.62 bits per heavy atom. The van der Waals surface area contributed by atoms with Gasteiger partial charge in [-0.25, -0.2) is 0 Å². The molecule has 1 saturated heterocycles. The minimum Gasteiger partial charge on any atom is -0.391 e. The van der Waals surface area contributed by atoms with Crippen LogP contribution >= 0.6 is 0 Å². The van der Waals surface area contributed by atoms with Crippen LogP contribution in [0, 0.1) is 5.92 Å². The monoisotopic (exact) mass is 224 g/mol. The number of aliphatic hydroxyl groups excluding tert-OH is 1. The van der Waals surface area contributed by atoms with E-state index in [1.54, 1.807) is 6.20 Å². The minimum atomic E-state index is 0.0272. The molecule has 2 heterocycles. The Hall–Kier alpha value is -0.870. The van der Waals surface area contributed by atoms with Crippen LogP contribution in [0.2, 0.25) is 0 Å². The zero-order valence-electron chi connectivity index (χ0n) is 10.0. The lowest BCUT2D eigenvalue weighted by Crippen LogP contribution is -2.28. The summed E-state index contributed by atoms with van der Waals surface area (Å²) in [6, 6.07) is 0.622. The molecule has 0 amide bonds. The summed E-state index contributed by atoms with van der Waals surface area (Å²) in [5.74, 6) is 1.50. The van der Waals surface area contributed by atoms with Gasteiger partial charge in [-0.15, -0.1) is 0 Å². The molecule has 16 heavy (non-hydrogen) atoms. The summed E-state index contributed by atoms with van der Waals surface area (Å²) in [6.07, 6.45) is 3.73. The molecule has 1 unspecified atom stereocenters. The van der Waals surface area contributed by atoms with E-state index in [9.17, 15) is 0 Å². The maximum absolute atomic E-state index is 9.11. The first-order valence-corrected chi connectivity index (χ1v) is 5.98. The van der Waals surface area contributed by atoms with Crippen LogP contribution in [0.3, 0.4) is 0 Å². The highest BCUT2D eigenvalue weighted by Crippen LogP contribution is 2.23. The van der Waals surface area contributed by atoms with Gasteiger partial charge in [0.15, 0.2) is 0 Å². The lowest BCUT2D eigenvalue weighted by Gasteiger charge is -2.19. The predicted octanol–water partition coefficient (Wildman–Crippen LogP) is 1.44. The Morgan fingerprint density at radius 2 is 2.44 bits per heavy atom. The highest BCUT2D eigenvalue weighted by Gasteiger charge is 2.26. The lowest BCUT2D eigenvalue weighted by atomic mass is 10.0. The second-order valence-electron chi connectivity index (χ2n) is 4.88. The van der Waals surface area contributed by atoms with Crippen molar-refractivity contribution >= 4 is 0 Å². The zero-order chi connectivity index (χ0) is 11.5. The smallest absolute Gasteiger partial charge is 0.142 e. The fourth-order valence-corrected chi connectivity index (χ4v) is 2.34. The number of nitrogens with zero attached hydrogens (tertiary/aromatic N) is 2. The van der Waals surface area contributed by atoms with Gasteiger partial charge >= 0.3 is 0 Å². The molecule has 0 aromatic carbocycles. The summed E-state index contributed by atoms with van der Waals surface area (Å²) >= 11 is 0. The standard InChI is InChI=1S/C12H20N2O2/c1-9(2)14-4-3-10(7-14)5-12-11(8-15)6-13-16-12/h6,9-10,15H,3-5,7-8H2,1-2H3. The molecule has 1 atom stereocenters. The average Bonchev–Trinajstić information content (AvgIpc) is 2.87. The van der Waals surface area contributed by atoms with Gasteiger partial charge in [0.05, 0.1) is 12.8 Å². The van der Waals surface area contributed by atoms with Crippen molar-refractivity contribution in [1.29, 1.82) is 0 Å². The molecule has 1 aliphatic rings. The van der Waals surface area contributed by atoms with Crippen molar-refractivity contribution in [2.75, 3.05) is 13.1 Å². The maximum Gasteiger partial charge on any atom is 0.142 e. The fourth-order valence-electron chi connectivity index (χ4n) is 2.34. The summed E-state index contributed by atoms with van der Waals surface area (Å²) in [6.45, 7) is 6.79. The van der Waals surface area contributed by atoms with E-state index in [4.69, 9.17) is 9.63 Å². The quantitative estimate of drug-likeness (QED) is 0.840. The number of hydrogen-bond donors (Lipinski definition) is 1. The van der Waals surface area contributed by atoms with Crippen LogP contribution in [0.1, 0.15) is 31.6 Å². The van der Waals surface area contributed by atoms with E-state index in [0.29, 0.717) is 12.0 Å². The molecule has 1 N–H and O–H groups in total. The molecule has 0 bridgehead atoms. The number of likely N-dealkylation sites (tertiary alicyclic amines) is 1. The Labute approximate surface area is 96.2 Å². The first kappa shape index (κ1) is 11.6. The van der Waals surface area contributed by atoms with Crippen molar-refractivity contribution in [2.24, 2.45) is 5.92 Å². The summed E-state index contributed by atoms with van der Waals surface area (Å²) in [7, 11) is 0. The zero-order valence-corrected chi connectivity index (χ0v) is 10.0. The lowest BCUT2D eigenvalue weighted by molar-refractivity contribution is 0.258. The van der Waals surface area contributed by atoms with Gasteiger partial charge in [0.2, 0.25) is 0 Å². The van der Waals surface area contributed by atoms with Gasteiger partial charge in [-0.3, -0.25) is 0 Å². The molecule has 0 spiro atoms. The molecule has 1 aromatic rings. The van der Waals surface area contributed by atoms with E-state index in [-0.39, 0.29) is 6.61 Å². The SMILES string of the molecule is CC(C)N1CCC(Cc2oncc2CO)C1. The fraction of sp³-hybridized carbons (Fsp3) is 0.750. The predicted molar refractivity (Wildman–Crippen MR) is 60.9 cm³/mol. The van der Waals surface area contributed by atoms with Crippen molar-refractivity contribution < 1.29 is 9.63 Å². The molecular weight excluding hydrogens is 204 g/mol. The number of rotatable bonds is 4. The third-order valence-corrected chi connectivity index (χ3v) is 3.42. The van der Waals surface area contributed by atoms with Gasteiger partial charge in [0.1, 0.15) is 5.76 Å². The van der Waals surface area contributed by atoms with Gasteiger partial charge in [-0.2, -0.15) is 0 Å². The molecule has 1 aliphatic heterocycles. The van der Waals surface area contributed by atoms with Crippen LogP contribution < -0.4 is 0 Å². The number of hydrogen-bond acceptors (Lipinski definition) is 4. The van der Waals surface area contributed by atoms with E-state index in [0.717, 1.165) is 24.3 Å². The largest absolute Gasteiger partial charge is 0.391 e. The molecule has 0 saturated carbocycles. The van der Waals surface area contributed by atoms with Gasteiger partial charge in [0.25, 0.3) is 0 Å². The van der Waals surface area contributed by atoms with Crippen LogP contribution in [-0.4, -0.2) is 34.3 Å². The van der Waals surface area contributed by atoms with Crippen LogP contribution in [0.25, 0.3) is 0 Å². The molecule has 0 aliphatic carbocycles. The molecule has 1 aromatic heterocycles. The third kappa shape index (κ3) is 2.44. The second kappa shape index (κ2) is 4.97. The number of aliphatic hydroxyl groups is 1. The van der Waals surface area contributed by atoms with Crippen molar-refractivity contribution in [3.63, 3.8) is 0 Å². The van der Waals surface area contributed by atoms with Crippen molar-refractivity contribution in [1.82, 2.24) is 10.1 Å². The highest BCUT2D eigenvalue weighted by molar-refractivity contribution is 5.13. The average molecular weight is 224 g/mol. The third-order valence-electron chi connectivity index (χ3n) is 3.42. The van der Waals surface area contributed by atoms with Crippen LogP contribution in [0.15, 0.2) is 10.7 Å². The minimum absolute atomic E-state index is 0.0272. The van der Waals surface area contributed by atoms with E-state index < -0.39 is 0 Å². The normalized spacial score (nSPS) is 22.1. The second-order valence-corrected chi connectivity index (χ2v) is 4.88. The van der Waals surface area contributed by atoms with Crippen LogP contribution in [0.4, 0.5) is 0 Å².